The summed E-state index contributed by atoms with van der Waals surface area (Å²) in [6.45, 7) is 0. The molecule has 2 N–H and O–H groups in total. The predicted molar refractivity (Wildman–Crippen MR) is 71.7 cm³/mol. The van der Waals surface area contributed by atoms with Crippen LogP contribution >= 0.6 is 0 Å². The van der Waals surface area contributed by atoms with Crippen LogP contribution in [0.4, 0.5) is 5.69 Å². The average molecular weight is 300 g/mol. The molecular weight excluding hydrogens is 284 g/mol. The third-order valence-electron chi connectivity index (χ3n) is 3.37. The summed E-state index contributed by atoms with van der Waals surface area (Å²) < 4.78 is 26.8. The molecule has 0 unspecified atom stereocenters. The minimum Gasteiger partial charge on any atom is -0.391 e. The fraction of sp³-hybridized carbons (Fsp3) is 0.500. The first-order valence-electron chi connectivity index (χ1n) is 6.35. The minimum atomic E-state index is -3.86. The molecule has 110 valence electrons. The number of benzene rings is 1. The van der Waals surface area contributed by atoms with E-state index in [1.807, 2.05) is 0 Å². The Morgan fingerprint density at radius 2 is 2.00 bits per heavy atom. The van der Waals surface area contributed by atoms with Gasteiger partial charge in [0.05, 0.1) is 15.9 Å². The summed E-state index contributed by atoms with van der Waals surface area (Å²) in [6, 6.07) is 4.33. The van der Waals surface area contributed by atoms with Crippen molar-refractivity contribution < 1.29 is 18.4 Å². The quantitative estimate of drug-likeness (QED) is 0.641. The highest BCUT2D eigenvalue weighted by Crippen LogP contribution is 2.22. The molecule has 0 radical (unpaired) electrons. The highest BCUT2D eigenvalue weighted by Gasteiger charge is 2.28. The molecule has 2 atom stereocenters. The van der Waals surface area contributed by atoms with Crippen molar-refractivity contribution in [1.29, 1.82) is 0 Å². The van der Waals surface area contributed by atoms with Gasteiger partial charge in [-0.05, 0) is 18.9 Å². The molecule has 1 aromatic rings. The Morgan fingerprint density at radius 1 is 1.30 bits per heavy atom. The third kappa shape index (κ3) is 3.33. The topological polar surface area (TPSA) is 110 Å². The monoisotopic (exact) mass is 300 g/mol. The molecule has 1 aliphatic carbocycles. The van der Waals surface area contributed by atoms with Gasteiger partial charge in [0.15, 0.2) is 0 Å². The molecule has 0 bridgehead atoms. The highest BCUT2D eigenvalue weighted by molar-refractivity contribution is 7.89. The second-order valence-corrected chi connectivity index (χ2v) is 6.55. The number of nitrogens with one attached hydrogen (secondary N) is 1. The van der Waals surface area contributed by atoms with Crippen LogP contribution in [-0.2, 0) is 10.0 Å². The molecule has 7 nitrogen and oxygen atoms in total. The van der Waals surface area contributed by atoms with Crippen LogP contribution in [0.2, 0.25) is 0 Å². The molecule has 1 aliphatic rings. The zero-order valence-electron chi connectivity index (χ0n) is 10.7. The molecule has 1 aromatic carbocycles. The number of nitro groups is 1. The summed E-state index contributed by atoms with van der Waals surface area (Å²) in [4.78, 5) is 9.87. The van der Waals surface area contributed by atoms with E-state index in [0.717, 1.165) is 18.9 Å². The van der Waals surface area contributed by atoms with Gasteiger partial charge in [0.1, 0.15) is 0 Å². The number of rotatable bonds is 4. The van der Waals surface area contributed by atoms with Gasteiger partial charge in [-0.3, -0.25) is 10.1 Å². The van der Waals surface area contributed by atoms with E-state index in [9.17, 15) is 23.6 Å². The normalized spacial score (nSPS) is 23.4. The lowest BCUT2D eigenvalue weighted by atomic mass is 9.93. The molecule has 20 heavy (non-hydrogen) atoms. The lowest BCUT2D eigenvalue weighted by molar-refractivity contribution is -0.385. The van der Waals surface area contributed by atoms with Gasteiger partial charge in [0, 0.05) is 18.2 Å². The Kier molecular flexibility index (Phi) is 4.36. The van der Waals surface area contributed by atoms with E-state index in [4.69, 9.17) is 0 Å². The fourth-order valence-electron chi connectivity index (χ4n) is 2.28. The van der Waals surface area contributed by atoms with Crippen LogP contribution < -0.4 is 4.72 Å². The van der Waals surface area contributed by atoms with E-state index >= 15 is 0 Å². The molecule has 0 saturated heterocycles. The van der Waals surface area contributed by atoms with Crippen molar-refractivity contribution in [3.05, 3.63) is 34.4 Å². The second kappa shape index (κ2) is 5.86. The lowest BCUT2D eigenvalue weighted by Crippen LogP contribution is -2.44. The Balaban J connectivity index is 2.21. The van der Waals surface area contributed by atoms with Crippen molar-refractivity contribution in [2.75, 3.05) is 0 Å². The van der Waals surface area contributed by atoms with E-state index < -0.39 is 27.1 Å². The van der Waals surface area contributed by atoms with Crippen LogP contribution in [0.5, 0.6) is 0 Å². The van der Waals surface area contributed by atoms with Crippen molar-refractivity contribution in [1.82, 2.24) is 4.72 Å². The maximum Gasteiger partial charge on any atom is 0.270 e. The molecule has 0 spiro atoms. The summed E-state index contributed by atoms with van der Waals surface area (Å²) in [7, 11) is -3.86. The maximum absolute atomic E-state index is 12.2. The minimum absolute atomic E-state index is 0.163. The van der Waals surface area contributed by atoms with Gasteiger partial charge in [-0.25, -0.2) is 13.1 Å². The Hall–Kier alpha value is -1.51. The fourth-order valence-corrected chi connectivity index (χ4v) is 3.62. The number of aliphatic hydroxyl groups is 1. The predicted octanol–water partition coefficient (Wildman–Crippen LogP) is 1.18. The standard InChI is InChI=1S/C12H16N2O5S/c15-12-7-2-1-6-11(12)13-20(18,19)10-5-3-4-9(8-10)14(16)17/h3-5,8,11-13,15H,1-2,6-7H2/t11-,12-/m0/s1. The van der Waals surface area contributed by atoms with Gasteiger partial charge in [-0.1, -0.05) is 18.9 Å². The third-order valence-corrected chi connectivity index (χ3v) is 4.86. The Morgan fingerprint density at radius 3 is 2.65 bits per heavy atom. The Labute approximate surface area is 116 Å². The first kappa shape index (κ1) is 14.9. The largest absolute Gasteiger partial charge is 0.391 e. The molecule has 8 heteroatoms. The number of non-ortho nitro benzene ring substituents is 1. The van der Waals surface area contributed by atoms with Crippen LogP contribution in [0, 0.1) is 10.1 Å². The molecule has 0 heterocycles. The van der Waals surface area contributed by atoms with Crippen LogP contribution in [0.15, 0.2) is 29.2 Å². The molecule has 0 amide bonds. The zero-order valence-corrected chi connectivity index (χ0v) is 11.5. The van der Waals surface area contributed by atoms with E-state index in [1.165, 1.54) is 18.2 Å². The summed E-state index contributed by atoms with van der Waals surface area (Å²) in [5, 5.41) is 20.5. The second-order valence-electron chi connectivity index (χ2n) is 4.83. The Bertz CT molecular complexity index is 602. The number of sulfonamides is 1. The highest BCUT2D eigenvalue weighted by atomic mass is 32.2. The van der Waals surface area contributed by atoms with Crippen LogP contribution in [-0.4, -0.2) is 30.6 Å². The van der Waals surface area contributed by atoms with E-state index in [2.05, 4.69) is 4.72 Å². The molecule has 2 rings (SSSR count). The lowest BCUT2D eigenvalue weighted by Gasteiger charge is -2.28. The molecular formula is C12H16N2O5S. The van der Waals surface area contributed by atoms with Crippen LogP contribution in [0.3, 0.4) is 0 Å². The van der Waals surface area contributed by atoms with Crippen molar-refractivity contribution in [2.45, 2.75) is 42.7 Å². The van der Waals surface area contributed by atoms with E-state index in [1.54, 1.807) is 0 Å². The summed E-state index contributed by atoms with van der Waals surface area (Å²) in [5.41, 5.74) is -0.280. The smallest absolute Gasteiger partial charge is 0.270 e. The number of hydrogen-bond acceptors (Lipinski definition) is 5. The van der Waals surface area contributed by atoms with Crippen molar-refractivity contribution in [3.63, 3.8) is 0 Å². The van der Waals surface area contributed by atoms with Gasteiger partial charge >= 0.3 is 0 Å². The van der Waals surface area contributed by atoms with E-state index in [-0.39, 0.29) is 10.6 Å². The zero-order chi connectivity index (χ0) is 14.8. The summed E-state index contributed by atoms with van der Waals surface area (Å²) in [5.74, 6) is 0. The first-order valence-corrected chi connectivity index (χ1v) is 7.83. The number of hydrogen-bond donors (Lipinski definition) is 2. The van der Waals surface area contributed by atoms with Gasteiger partial charge in [0.2, 0.25) is 10.0 Å². The number of aliphatic hydroxyl groups excluding tert-OH is 1. The first-order chi connectivity index (χ1) is 9.40. The molecule has 0 aliphatic heterocycles. The van der Waals surface area contributed by atoms with Crippen molar-refractivity contribution in [2.24, 2.45) is 0 Å². The molecule has 1 saturated carbocycles. The van der Waals surface area contributed by atoms with Crippen LogP contribution in [0.25, 0.3) is 0 Å². The van der Waals surface area contributed by atoms with Gasteiger partial charge in [-0.2, -0.15) is 0 Å². The number of nitrogens with zero attached hydrogens (tertiary/aromatic N) is 1. The molecule has 1 fully saturated rings. The van der Waals surface area contributed by atoms with Gasteiger partial charge < -0.3 is 5.11 Å². The average Bonchev–Trinajstić information content (AvgIpc) is 2.41. The maximum atomic E-state index is 12.2. The molecule has 0 aromatic heterocycles. The summed E-state index contributed by atoms with van der Waals surface area (Å²) >= 11 is 0. The van der Waals surface area contributed by atoms with Crippen molar-refractivity contribution >= 4 is 15.7 Å². The SMILES string of the molecule is O=[N+]([O-])c1cccc(S(=O)(=O)N[C@H]2CCCC[C@@H]2O)c1. The van der Waals surface area contributed by atoms with Crippen molar-refractivity contribution in [3.8, 4) is 0 Å². The van der Waals surface area contributed by atoms with E-state index in [0.29, 0.717) is 12.8 Å². The number of nitro benzene ring substituents is 1. The van der Waals surface area contributed by atoms with Gasteiger partial charge in [-0.15, -0.1) is 0 Å². The summed E-state index contributed by atoms with van der Waals surface area (Å²) in [6.07, 6.45) is 2.13. The van der Waals surface area contributed by atoms with Gasteiger partial charge in [0.25, 0.3) is 5.69 Å². The van der Waals surface area contributed by atoms with Crippen LogP contribution in [0.1, 0.15) is 25.7 Å².